The summed E-state index contributed by atoms with van der Waals surface area (Å²) in [5.74, 6) is 0.967. The van der Waals surface area contributed by atoms with Gasteiger partial charge in [-0.25, -0.2) is 0 Å². The average Bonchev–Trinajstić information content (AvgIpc) is 3.22. The minimum absolute atomic E-state index is 0.0290. The highest BCUT2D eigenvalue weighted by Crippen LogP contribution is 2.18. The van der Waals surface area contributed by atoms with Crippen LogP contribution in [0.3, 0.4) is 0 Å². The molecule has 0 fully saturated rings. The fourth-order valence-corrected chi connectivity index (χ4v) is 8.52. The summed E-state index contributed by atoms with van der Waals surface area (Å²) in [7, 11) is 0. The lowest BCUT2D eigenvalue weighted by Crippen LogP contribution is -2.05. The van der Waals surface area contributed by atoms with Crippen LogP contribution in [0.1, 0.15) is 323 Å². The van der Waals surface area contributed by atoms with Gasteiger partial charge in [0.25, 0.3) is 0 Å². The number of carbonyl (C=O) groups is 1. The summed E-state index contributed by atoms with van der Waals surface area (Å²) in [4.78, 5) is 12.1. The summed E-state index contributed by atoms with van der Waals surface area (Å²) in [6.07, 6.45) is 69.3. The molecule has 0 aliphatic heterocycles. The second-order valence-corrected chi connectivity index (χ2v) is 18.8. The van der Waals surface area contributed by atoms with Crippen molar-refractivity contribution in [1.29, 1.82) is 0 Å². The third-order valence-electron chi connectivity index (χ3n) is 12.9. The van der Waals surface area contributed by atoms with Gasteiger partial charge in [-0.05, 0) is 44.4 Å². The minimum Gasteiger partial charge on any atom is -0.466 e. The molecule has 0 saturated heterocycles. The van der Waals surface area contributed by atoms with Gasteiger partial charge in [0.1, 0.15) is 0 Å². The summed E-state index contributed by atoms with van der Waals surface area (Å²) in [5.41, 5.74) is 0. The number of rotatable bonds is 50. The molecule has 2 nitrogen and oxygen atoms in total. The number of hydrogen-bond acceptors (Lipinski definition) is 2. The molecule has 57 heavy (non-hydrogen) atoms. The van der Waals surface area contributed by atoms with Gasteiger partial charge in [0, 0.05) is 6.42 Å². The maximum absolute atomic E-state index is 12.1. The Morgan fingerprint density at radius 2 is 0.649 bits per heavy atom. The minimum atomic E-state index is 0.0290. The SMILES string of the molecule is CCCCCCCCC=CCCCCCCCCCCCC(=O)OCCCCCCCCCCCCCCCCCCCCCCCCCCCCCC(C)CC. The van der Waals surface area contributed by atoms with E-state index in [9.17, 15) is 4.79 Å². The summed E-state index contributed by atoms with van der Waals surface area (Å²) in [6.45, 7) is 7.65. The summed E-state index contributed by atoms with van der Waals surface area (Å²) < 4.78 is 5.50. The topological polar surface area (TPSA) is 26.3 Å². The first-order valence-corrected chi connectivity index (χ1v) is 27.0. The van der Waals surface area contributed by atoms with Crippen molar-refractivity contribution in [3.63, 3.8) is 0 Å². The summed E-state index contributed by atoms with van der Waals surface area (Å²) >= 11 is 0. The number of ether oxygens (including phenoxy) is 1. The van der Waals surface area contributed by atoms with Crippen molar-refractivity contribution < 1.29 is 9.53 Å². The maximum atomic E-state index is 12.1. The largest absolute Gasteiger partial charge is 0.466 e. The molecule has 0 aliphatic carbocycles. The lowest BCUT2D eigenvalue weighted by atomic mass is 9.99. The molecule has 0 aliphatic rings. The van der Waals surface area contributed by atoms with Crippen LogP contribution in [0.2, 0.25) is 0 Å². The van der Waals surface area contributed by atoms with Crippen LogP contribution in [0.15, 0.2) is 12.2 Å². The number of esters is 1. The Bertz CT molecular complexity index is 758. The number of unbranched alkanes of at least 4 members (excludes halogenated alkanes) is 41. The molecule has 0 bridgehead atoms. The monoisotopic (exact) mass is 801 g/mol. The molecule has 340 valence electrons. The molecule has 0 aromatic rings. The average molecular weight is 801 g/mol. The number of allylic oxidation sites excluding steroid dienone is 2. The summed E-state index contributed by atoms with van der Waals surface area (Å²) in [6, 6.07) is 0. The second-order valence-electron chi connectivity index (χ2n) is 18.8. The van der Waals surface area contributed by atoms with Crippen LogP contribution in [0.5, 0.6) is 0 Å². The third kappa shape index (κ3) is 51.3. The Morgan fingerprint density at radius 3 is 0.982 bits per heavy atom. The van der Waals surface area contributed by atoms with E-state index >= 15 is 0 Å². The van der Waals surface area contributed by atoms with Crippen LogP contribution in [0.4, 0.5) is 0 Å². The van der Waals surface area contributed by atoms with Gasteiger partial charge >= 0.3 is 5.97 Å². The predicted molar refractivity (Wildman–Crippen MR) is 258 cm³/mol. The molecule has 0 N–H and O–H groups in total. The van der Waals surface area contributed by atoms with Gasteiger partial charge in [0.05, 0.1) is 6.61 Å². The van der Waals surface area contributed by atoms with Crippen LogP contribution >= 0.6 is 0 Å². The van der Waals surface area contributed by atoms with E-state index in [1.807, 2.05) is 0 Å². The molecule has 0 heterocycles. The van der Waals surface area contributed by atoms with Crippen molar-refractivity contribution in [2.75, 3.05) is 6.61 Å². The van der Waals surface area contributed by atoms with E-state index in [0.29, 0.717) is 13.0 Å². The zero-order valence-electron chi connectivity index (χ0n) is 40.0. The molecule has 0 amide bonds. The van der Waals surface area contributed by atoms with E-state index in [1.165, 1.54) is 283 Å². The van der Waals surface area contributed by atoms with E-state index in [-0.39, 0.29) is 5.97 Å². The molecule has 2 heteroatoms. The van der Waals surface area contributed by atoms with Crippen molar-refractivity contribution in [2.45, 2.75) is 323 Å². The Labute approximate surface area is 361 Å². The normalized spacial score (nSPS) is 12.3. The number of carbonyl (C=O) groups excluding carboxylic acids is 1. The lowest BCUT2D eigenvalue weighted by molar-refractivity contribution is -0.143. The second kappa shape index (κ2) is 51.4. The number of hydrogen-bond donors (Lipinski definition) is 0. The molecular formula is C55H108O2. The van der Waals surface area contributed by atoms with Gasteiger partial charge in [-0.1, -0.05) is 290 Å². The molecule has 0 rings (SSSR count). The molecule has 0 spiro atoms. The van der Waals surface area contributed by atoms with Crippen molar-refractivity contribution in [3.8, 4) is 0 Å². The lowest BCUT2D eigenvalue weighted by Gasteiger charge is -2.07. The van der Waals surface area contributed by atoms with E-state index < -0.39 is 0 Å². The van der Waals surface area contributed by atoms with Crippen molar-refractivity contribution in [3.05, 3.63) is 12.2 Å². The fraction of sp³-hybridized carbons (Fsp3) is 0.945. The van der Waals surface area contributed by atoms with E-state index in [0.717, 1.165) is 18.8 Å². The van der Waals surface area contributed by atoms with E-state index in [1.54, 1.807) is 0 Å². The molecular weight excluding hydrogens is 693 g/mol. The Hall–Kier alpha value is -0.790. The van der Waals surface area contributed by atoms with Crippen LogP contribution in [-0.2, 0) is 9.53 Å². The highest BCUT2D eigenvalue weighted by Gasteiger charge is 2.03. The highest BCUT2D eigenvalue weighted by molar-refractivity contribution is 5.69. The quantitative estimate of drug-likeness (QED) is 0.0348. The van der Waals surface area contributed by atoms with Crippen molar-refractivity contribution in [2.24, 2.45) is 5.92 Å². The molecule has 1 unspecified atom stereocenters. The molecule has 0 aromatic heterocycles. The van der Waals surface area contributed by atoms with Gasteiger partial charge in [-0.15, -0.1) is 0 Å². The smallest absolute Gasteiger partial charge is 0.305 e. The van der Waals surface area contributed by atoms with Gasteiger partial charge in [0.15, 0.2) is 0 Å². The van der Waals surface area contributed by atoms with Gasteiger partial charge in [-0.2, -0.15) is 0 Å². The molecule has 1 atom stereocenters. The van der Waals surface area contributed by atoms with Gasteiger partial charge < -0.3 is 4.74 Å². The standard InChI is InChI=1S/C55H108O2/c1-4-6-7-8-9-10-11-12-13-14-24-28-31-34-37-40-43-46-49-52-55(56)57-53-50-47-44-41-38-35-32-29-26-23-21-19-17-15-16-18-20-22-25-27-30-33-36-39-42-45-48-51-54(3)5-2/h12-13,54H,4-11,14-53H2,1-3H3. The van der Waals surface area contributed by atoms with Crippen LogP contribution < -0.4 is 0 Å². The molecule has 0 radical (unpaired) electrons. The highest BCUT2D eigenvalue weighted by atomic mass is 16.5. The zero-order chi connectivity index (χ0) is 41.2. The molecule has 0 aromatic carbocycles. The van der Waals surface area contributed by atoms with E-state index in [2.05, 4.69) is 32.9 Å². The maximum Gasteiger partial charge on any atom is 0.305 e. The van der Waals surface area contributed by atoms with Crippen LogP contribution in [-0.4, -0.2) is 12.6 Å². The summed E-state index contributed by atoms with van der Waals surface area (Å²) in [5, 5.41) is 0. The first-order valence-electron chi connectivity index (χ1n) is 27.0. The van der Waals surface area contributed by atoms with Crippen molar-refractivity contribution in [1.82, 2.24) is 0 Å². The molecule has 0 saturated carbocycles. The van der Waals surface area contributed by atoms with Gasteiger partial charge in [-0.3, -0.25) is 4.79 Å². The van der Waals surface area contributed by atoms with Crippen molar-refractivity contribution >= 4 is 5.97 Å². The first-order chi connectivity index (χ1) is 28.2. The Balaban J connectivity index is 3.16. The predicted octanol–water partition coefficient (Wildman–Crippen LogP) is 20.1. The Kier molecular flexibility index (Phi) is 50.6. The van der Waals surface area contributed by atoms with Gasteiger partial charge in [0.2, 0.25) is 0 Å². The van der Waals surface area contributed by atoms with E-state index in [4.69, 9.17) is 4.74 Å². The first kappa shape index (κ1) is 56.2. The Morgan fingerprint density at radius 1 is 0.368 bits per heavy atom. The van der Waals surface area contributed by atoms with Crippen LogP contribution in [0.25, 0.3) is 0 Å². The zero-order valence-corrected chi connectivity index (χ0v) is 40.0. The van der Waals surface area contributed by atoms with Crippen LogP contribution in [0, 0.1) is 5.92 Å². The third-order valence-corrected chi connectivity index (χ3v) is 12.9. The fourth-order valence-electron chi connectivity index (χ4n) is 8.52.